The van der Waals surface area contributed by atoms with E-state index in [0.717, 1.165) is 12.8 Å². The number of hydrogen-bond donors (Lipinski definition) is 1. The van der Waals surface area contributed by atoms with Gasteiger partial charge in [-0.15, -0.1) is 0 Å². The van der Waals surface area contributed by atoms with E-state index >= 15 is 0 Å². The van der Waals surface area contributed by atoms with Crippen LogP contribution in [-0.2, 0) is 19.1 Å². The van der Waals surface area contributed by atoms with Crippen LogP contribution in [0, 0.1) is 0 Å². The van der Waals surface area contributed by atoms with Crippen molar-refractivity contribution in [1.29, 1.82) is 0 Å². The molecule has 0 unspecified atom stereocenters. The van der Waals surface area contributed by atoms with E-state index < -0.39 is 0 Å². The number of ether oxygens (including phenoxy) is 2. The maximum atomic E-state index is 11.2. The predicted molar refractivity (Wildman–Crippen MR) is 60.0 cm³/mol. The highest BCUT2D eigenvalue weighted by molar-refractivity contribution is 5.75. The van der Waals surface area contributed by atoms with Crippen molar-refractivity contribution in [2.75, 3.05) is 26.4 Å². The summed E-state index contributed by atoms with van der Waals surface area (Å²) < 4.78 is 9.91. The molecular weight excluding hydrogens is 210 g/mol. The summed E-state index contributed by atoms with van der Waals surface area (Å²) in [6.07, 6.45) is 2.46. The lowest BCUT2D eigenvalue weighted by Gasteiger charge is -2.05. The molecule has 1 amide bonds. The first-order valence-electron chi connectivity index (χ1n) is 5.64. The van der Waals surface area contributed by atoms with Crippen LogP contribution in [0.25, 0.3) is 0 Å². The first-order valence-corrected chi connectivity index (χ1v) is 5.64. The minimum atomic E-state index is -0.336. The van der Waals surface area contributed by atoms with Gasteiger partial charge in [-0.2, -0.15) is 0 Å². The van der Waals surface area contributed by atoms with E-state index in [1.807, 2.05) is 0 Å². The largest absolute Gasteiger partial charge is 0.464 e. The van der Waals surface area contributed by atoms with Gasteiger partial charge in [-0.3, -0.25) is 9.59 Å². The zero-order valence-corrected chi connectivity index (χ0v) is 10.1. The fourth-order valence-corrected chi connectivity index (χ4v) is 0.987. The van der Waals surface area contributed by atoms with Gasteiger partial charge in [-0.1, -0.05) is 13.3 Å². The van der Waals surface area contributed by atoms with E-state index in [0.29, 0.717) is 26.2 Å². The molecule has 0 radical (unpaired) electrons. The average molecular weight is 231 g/mol. The van der Waals surface area contributed by atoms with Gasteiger partial charge in [0, 0.05) is 20.0 Å². The topological polar surface area (TPSA) is 64.6 Å². The summed E-state index contributed by atoms with van der Waals surface area (Å²) in [4.78, 5) is 21.6. The second-order valence-electron chi connectivity index (χ2n) is 3.41. The summed E-state index contributed by atoms with van der Waals surface area (Å²) in [6.45, 7) is 5.15. The quantitative estimate of drug-likeness (QED) is 0.472. The van der Waals surface area contributed by atoms with Crippen LogP contribution in [0.2, 0.25) is 0 Å². The van der Waals surface area contributed by atoms with E-state index in [4.69, 9.17) is 4.74 Å². The molecule has 0 aromatic heterocycles. The molecule has 1 N–H and O–H groups in total. The minimum Gasteiger partial charge on any atom is -0.464 e. The van der Waals surface area contributed by atoms with Crippen molar-refractivity contribution in [3.8, 4) is 0 Å². The van der Waals surface area contributed by atoms with Crippen LogP contribution in [0.4, 0.5) is 0 Å². The first kappa shape index (κ1) is 14.9. The van der Waals surface area contributed by atoms with E-state index in [1.54, 1.807) is 0 Å². The molecule has 0 aromatic carbocycles. The van der Waals surface area contributed by atoms with Crippen LogP contribution in [-0.4, -0.2) is 38.2 Å². The summed E-state index contributed by atoms with van der Waals surface area (Å²) >= 11 is 0. The molecular formula is C11H21NO4. The standard InChI is InChI=1S/C11H21NO4/c1-3-4-7-15-8-5-11(14)12-6-9-16-10(2)13/h3-9H2,1-2H3,(H,12,14). The van der Waals surface area contributed by atoms with Gasteiger partial charge in [-0.05, 0) is 6.42 Å². The Labute approximate surface area is 96.5 Å². The molecule has 0 aromatic rings. The molecule has 0 heterocycles. The summed E-state index contributed by atoms with van der Waals surface area (Å²) in [5.41, 5.74) is 0. The Morgan fingerprint density at radius 3 is 2.56 bits per heavy atom. The van der Waals surface area contributed by atoms with E-state index in [2.05, 4.69) is 17.0 Å². The lowest BCUT2D eigenvalue weighted by atomic mass is 10.3. The monoisotopic (exact) mass is 231 g/mol. The lowest BCUT2D eigenvalue weighted by molar-refractivity contribution is -0.141. The third-order valence-corrected chi connectivity index (χ3v) is 1.85. The normalized spacial score (nSPS) is 9.88. The van der Waals surface area contributed by atoms with Crippen molar-refractivity contribution < 1.29 is 19.1 Å². The Balaban J connectivity index is 3.21. The molecule has 0 bridgehead atoms. The maximum absolute atomic E-state index is 11.2. The van der Waals surface area contributed by atoms with Crippen LogP contribution < -0.4 is 5.32 Å². The molecule has 0 fully saturated rings. The van der Waals surface area contributed by atoms with E-state index in [1.165, 1.54) is 6.92 Å². The van der Waals surface area contributed by atoms with Gasteiger partial charge in [0.05, 0.1) is 13.2 Å². The smallest absolute Gasteiger partial charge is 0.302 e. The van der Waals surface area contributed by atoms with Gasteiger partial charge < -0.3 is 14.8 Å². The SMILES string of the molecule is CCCCOCCC(=O)NCCOC(C)=O. The van der Waals surface area contributed by atoms with E-state index in [-0.39, 0.29) is 18.5 Å². The van der Waals surface area contributed by atoms with Crippen molar-refractivity contribution in [2.24, 2.45) is 0 Å². The lowest BCUT2D eigenvalue weighted by Crippen LogP contribution is -2.28. The highest BCUT2D eigenvalue weighted by Crippen LogP contribution is 1.89. The van der Waals surface area contributed by atoms with Crippen molar-refractivity contribution in [3.05, 3.63) is 0 Å². The molecule has 0 saturated carbocycles. The molecule has 16 heavy (non-hydrogen) atoms. The first-order chi connectivity index (χ1) is 7.66. The van der Waals surface area contributed by atoms with Crippen LogP contribution in [0.15, 0.2) is 0 Å². The van der Waals surface area contributed by atoms with Crippen molar-refractivity contribution in [3.63, 3.8) is 0 Å². The average Bonchev–Trinajstić information content (AvgIpc) is 2.24. The molecule has 0 aliphatic heterocycles. The highest BCUT2D eigenvalue weighted by atomic mass is 16.5. The number of rotatable bonds is 9. The zero-order chi connectivity index (χ0) is 12.2. The van der Waals surface area contributed by atoms with Crippen molar-refractivity contribution >= 4 is 11.9 Å². The van der Waals surface area contributed by atoms with Gasteiger partial charge in [0.1, 0.15) is 6.61 Å². The summed E-state index contributed by atoms with van der Waals surface area (Å²) in [7, 11) is 0. The molecule has 0 rings (SSSR count). The Hall–Kier alpha value is -1.10. The van der Waals surface area contributed by atoms with Crippen LogP contribution in [0.5, 0.6) is 0 Å². The van der Waals surface area contributed by atoms with Gasteiger partial charge in [0.2, 0.25) is 5.91 Å². The van der Waals surface area contributed by atoms with E-state index in [9.17, 15) is 9.59 Å². The molecule has 0 saturated heterocycles. The number of amides is 1. The zero-order valence-electron chi connectivity index (χ0n) is 10.1. The number of carbonyl (C=O) groups is 2. The fraction of sp³-hybridized carbons (Fsp3) is 0.818. The summed E-state index contributed by atoms with van der Waals surface area (Å²) in [5.74, 6) is -0.416. The van der Waals surface area contributed by atoms with Crippen LogP contribution >= 0.6 is 0 Å². The molecule has 94 valence electrons. The highest BCUT2D eigenvalue weighted by Gasteiger charge is 2.00. The van der Waals surface area contributed by atoms with Crippen LogP contribution in [0.3, 0.4) is 0 Å². The third kappa shape index (κ3) is 11.0. The van der Waals surface area contributed by atoms with Gasteiger partial charge in [0.15, 0.2) is 0 Å². The minimum absolute atomic E-state index is 0.0800. The Bertz CT molecular complexity index is 206. The fourth-order valence-electron chi connectivity index (χ4n) is 0.987. The predicted octanol–water partition coefficient (Wildman–Crippen LogP) is 0.873. The third-order valence-electron chi connectivity index (χ3n) is 1.85. The van der Waals surface area contributed by atoms with Crippen molar-refractivity contribution in [1.82, 2.24) is 5.32 Å². The van der Waals surface area contributed by atoms with Gasteiger partial charge in [-0.25, -0.2) is 0 Å². The molecule has 0 atom stereocenters. The van der Waals surface area contributed by atoms with Gasteiger partial charge in [0.25, 0.3) is 0 Å². The Morgan fingerprint density at radius 2 is 1.94 bits per heavy atom. The van der Waals surface area contributed by atoms with Gasteiger partial charge >= 0.3 is 5.97 Å². The molecule has 5 heteroatoms. The molecule has 0 aliphatic carbocycles. The maximum Gasteiger partial charge on any atom is 0.302 e. The Kier molecular flexibility index (Phi) is 9.70. The molecule has 0 aliphatic rings. The number of esters is 1. The van der Waals surface area contributed by atoms with Crippen LogP contribution in [0.1, 0.15) is 33.1 Å². The second-order valence-corrected chi connectivity index (χ2v) is 3.41. The molecule has 5 nitrogen and oxygen atoms in total. The van der Waals surface area contributed by atoms with Crippen molar-refractivity contribution in [2.45, 2.75) is 33.1 Å². The Morgan fingerprint density at radius 1 is 1.19 bits per heavy atom. The number of hydrogen-bond acceptors (Lipinski definition) is 4. The summed E-state index contributed by atoms with van der Waals surface area (Å²) in [6, 6.07) is 0. The number of nitrogens with one attached hydrogen (secondary N) is 1. The number of carbonyl (C=O) groups excluding carboxylic acids is 2. The second kappa shape index (κ2) is 10.4. The molecule has 0 spiro atoms. The number of unbranched alkanes of at least 4 members (excludes halogenated alkanes) is 1. The summed E-state index contributed by atoms with van der Waals surface area (Å²) in [5, 5.41) is 2.63.